The molecular formula is C22H26N2O5S. The molecule has 0 spiro atoms. The van der Waals surface area contributed by atoms with Crippen LogP contribution in [0.3, 0.4) is 0 Å². The molecular weight excluding hydrogens is 404 g/mol. The van der Waals surface area contributed by atoms with E-state index in [0.717, 1.165) is 23.8 Å². The number of hydrogen-bond acceptors (Lipinski definition) is 7. The number of para-hydroxylation sites is 1. The van der Waals surface area contributed by atoms with Gasteiger partial charge in [0.15, 0.2) is 12.1 Å². The van der Waals surface area contributed by atoms with E-state index in [1.54, 1.807) is 19.1 Å². The van der Waals surface area contributed by atoms with Gasteiger partial charge in [-0.3, -0.25) is 9.59 Å². The molecule has 2 aliphatic heterocycles. The van der Waals surface area contributed by atoms with Gasteiger partial charge in [-0.1, -0.05) is 30.4 Å². The van der Waals surface area contributed by atoms with Crippen LogP contribution in [0.4, 0.5) is 0 Å². The summed E-state index contributed by atoms with van der Waals surface area (Å²) in [7, 11) is 3.13. The smallest absolute Gasteiger partial charge is 0.241 e. The third kappa shape index (κ3) is 3.92. The summed E-state index contributed by atoms with van der Waals surface area (Å²) < 4.78 is 16.6. The third-order valence-electron chi connectivity index (χ3n) is 5.98. The maximum absolute atomic E-state index is 13.4. The van der Waals surface area contributed by atoms with E-state index in [0.29, 0.717) is 23.7 Å². The number of nitrogens with one attached hydrogen (secondary N) is 1. The molecule has 1 aromatic carbocycles. The van der Waals surface area contributed by atoms with Crippen LogP contribution in [0, 0.1) is 5.92 Å². The minimum Gasteiger partial charge on any atom is -0.461 e. The number of hydrogen-bond donors (Lipinski definition) is 1. The van der Waals surface area contributed by atoms with Gasteiger partial charge in [0.1, 0.15) is 17.4 Å². The second-order valence-electron chi connectivity index (χ2n) is 7.78. The zero-order valence-electron chi connectivity index (χ0n) is 17.1. The van der Waals surface area contributed by atoms with Gasteiger partial charge in [0, 0.05) is 37.6 Å². The summed E-state index contributed by atoms with van der Waals surface area (Å²) in [6, 6.07) is 8.66. The van der Waals surface area contributed by atoms with Crippen molar-refractivity contribution < 1.29 is 23.5 Å². The Morgan fingerprint density at radius 1 is 1.30 bits per heavy atom. The number of ketones is 1. The van der Waals surface area contributed by atoms with E-state index in [9.17, 15) is 9.59 Å². The Morgan fingerprint density at radius 3 is 2.80 bits per heavy atom. The first-order valence-corrected chi connectivity index (χ1v) is 10.6. The van der Waals surface area contributed by atoms with Crippen LogP contribution in [-0.4, -0.2) is 67.1 Å². The van der Waals surface area contributed by atoms with Crippen molar-refractivity contribution in [2.75, 3.05) is 27.3 Å². The fourth-order valence-corrected chi connectivity index (χ4v) is 4.91. The first-order chi connectivity index (χ1) is 14.5. The summed E-state index contributed by atoms with van der Waals surface area (Å²) in [5.74, 6) is -0.293. The Bertz CT molecular complexity index is 921. The highest BCUT2D eigenvalue weighted by Crippen LogP contribution is 2.28. The molecule has 3 heterocycles. The van der Waals surface area contributed by atoms with Crippen LogP contribution in [0.25, 0.3) is 11.0 Å². The standard InChI is InChI=1S/C22H26N2O5S/c1-27-22(28-2)15-7-5-9-24(15)21(26)20-19(18(30)12-23-20)16(25)11-14-10-13-6-3-4-8-17(13)29-14/h3-4,6,8,10,15,19-20,22-23H,5,7,9,11-12H2,1-2H3/t15-,19?,20-/m0/s1. The number of nitrogens with zero attached hydrogens (tertiary/aromatic N) is 1. The maximum Gasteiger partial charge on any atom is 0.241 e. The van der Waals surface area contributed by atoms with Crippen LogP contribution in [0.15, 0.2) is 34.7 Å². The van der Waals surface area contributed by atoms with E-state index in [-0.39, 0.29) is 24.2 Å². The Kier molecular flexibility index (Phi) is 6.29. The van der Waals surface area contributed by atoms with E-state index in [1.165, 1.54) is 0 Å². The van der Waals surface area contributed by atoms with Crippen LogP contribution in [0.2, 0.25) is 0 Å². The van der Waals surface area contributed by atoms with Gasteiger partial charge in [0.05, 0.1) is 18.4 Å². The molecule has 2 saturated heterocycles. The SMILES string of the molecule is COC(OC)[C@@H]1CCCN1C(=O)[C@H]1NCC(=S)C1C(=O)Cc1cc2ccccc2o1. The van der Waals surface area contributed by atoms with Crippen LogP contribution in [-0.2, 0) is 25.5 Å². The van der Waals surface area contributed by atoms with Crippen molar-refractivity contribution in [3.05, 3.63) is 36.1 Å². The largest absolute Gasteiger partial charge is 0.461 e. The van der Waals surface area contributed by atoms with Gasteiger partial charge >= 0.3 is 0 Å². The molecule has 7 nitrogen and oxygen atoms in total. The van der Waals surface area contributed by atoms with E-state index < -0.39 is 18.2 Å². The number of rotatable bonds is 7. The molecule has 30 heavy (non-hydrogen) atoms. The monoisotopic (exact) mass is 430 g/mol. The maximum atomic E-state index is 13.4. The van der Waals surface area contributed by atoms with Gasteiger partial charge < -0.3 is 24.1 Å². The fourth-order valence-electron chi connectivity index (χ4n) is 4.56. The van der Waals surface area contributed by atoms with Gasteiger partial charge in [-0.05, 0) is 25.0 Å². The quantitative estimate of drug-likeness (QED) is 0.532. The molecule has 0 bridgehead atoms. The van der Waals surface area contributed by atoms with E-state index in [4.69, 9.17) is 26.1 Å². The Hall–Kier alpha value is -2.13. The average Bonchev–Trinajstić information content (AvgIpc) is 3.46. The van der Waals surface area contributed by atoms with Gasteiger partial charge in [-0.15, -0.1) is 0 Å². The first kappa shape index (κ1) is 21.1. The van der Waals surface area contributed by atoms with Crippen molar-refractivity contribution >= 4 is 39.7 Å². The van der Waals surface area contributed by atoms with E-state index in [2.05, 4.69) is 5.32 Å². The summed E-state index contributed by atoms with van der Waals surface area (Å²) in [5, 5.41) is 4.11. The van der Waals surface area contributed by atoms with Crippen molar-refractivity contribution in [2.24, 2.45) is 5.92 Å². The number of thiocarbonyl (C=S) groups is 1. The lowest BCUT2D eigenvalue weighted by Crippen LogP contribution is -2.53. The van der Waals surface area contributed by atoms with Crippen LogP contribution < -0.4 is 5.32 Å². The molecule has 4 rings (SSSR count). The molecule has 1 unspecified atom stereocenters. The number of methoxy groups -OCH3 is 2. The lowest BCUT2D eigenvalue weighted by atomic mass is 9.91. The number of benzene rings is 1. The molecule has 8 heteroatoms. The predicted molar refractivity (Wildman–Crippen MR) is 115 cm³/mol. The third-order valence-corrected chi connectivity index (χ3v) is 6.37. The molecule has 3 atom stereocenters. The molecule has 0 saturated carbocycles. The lowest BCUT2D eigenvalue weighted by molar-refractivity contribution is -0.159. The Balaban J connectivity index is 1.51. The van der Waals surface area contributed by atoms with Gasteiger partial charge in [-0.2, -0.15) is 0 Å². The molecule has 2 aliphatic rings. The lowest BCUT2D eigenvalue weighted by Gasteiger charge is -2.32. The number of ether oxygens (including phenoxy) is 2. The molecule has 160 valence electrons. The summed E-state index contributed by atoms with van der Waals surface area (Å²) in [4.78, 5) is 28.9. The second kappa shape index (κ2) is 8.93. The fraction of sp³-hybridized carbons (Fsp3) is 0.500. The normalized spacial score (nSPS) is 24.3. The van der Waals surface area contributed by atoms with Crippen LogP contribution in [0.1, 0.15) is 18.6 Å². The Morgan fingerprint density at radius 2 is 2.07 bits per heavy atom. The summed E-state index contributed by atoms with van der Waals surface area (Å²) >= 11 is 5.46. The number of Topliss-reactive ketones (excluding diaryl/α,β-unsaturated/α-hetero) is 1. The molecule has 2 fully saturated rings. The minimum atomic E-state index is -0.663. The zero-order valence-corrected chi connectivity index (χ0v) is 17.9. The van der Waals surface area contributed by atoms with Crippen LogP contribution in [0.5, 0.6) is 0 Å². The van der Waals surface area contributed by atoms with Crippen LogP contribution >= 0.6 is 12.2 Å². The number of fused-ring (bicyclic) bond motifs is 1. The van der Waals surface area contributed by atoms with Crippen molar-refractivity contribution in [1.82, 2.24) is 10.2 Å². The van der Waals surface area contributed by atoms with Gasteiger partial charge in [0.2, 0.25) is 5.91 Å². The highest BCUT2D eigenvalue weighted by atomic mass is 32.1. The molecule has 1 aromatic heterocycles. The number of amides is 1. The zero-order chi connectivity index (χ0) is 21.3. The van der Waals surface area contributed by atoms with Gasteiger partial charge in [0.25, 0.3) is 0 Å². The van der Waals surface area contributed by atoms with Crippen molar-refractivity contribution in [2.45, 2.75) is 37.6 Å². The first-order valence-electron chi connectivity index (χ1n) is 10.2. The van der Waals surface area contributed by atoms with Gasteiger partial charge in [-0.25, -0.2) is 0 Å². The molecule has 1 N–H and O–H groups in total. The summed E-state index contributed by atoms with van der Waals surface area (Å²) in [5.41, 5.74) is 0.741. The summed E-state index contributed by atoms with van der Waals surface area (Å²) in [6.45, 7) is 0.987. The molecule has 1 amide bonds. The average molecular weight is 431 g/mol. The van der Waals surface area contributed by atoms with E-state index in [1.807, 2.05) is 30.3 Å². The second-order valence-corrected chi connectivity index (χ2v) is 8.30. The highest BCUT2D eigenvalue weighted by molar-refractivity contribution is 7.80. The molecule has 0 aliphatic carbocycles. The highest BCUT2D eigenvalue weighted by Gasteiger charge is 2.46. The van der Waals surface area contributed by atoms with Crippen molar-refractivity contribution in [1.29, 1.82) is 0 Å². The number of likely N-dealkylation sites (tertiary alicyclic amines) is 1. The topological polar surface area (TPSA) is 81.0 Å². The Labute approximate surface area is 180 Å². The number of furan rings is 1. The van der Waals surface area contributed by atoms with E-state index >= 15 is 0 Å². The van der Waals surface area contributed by atoms with Crippen molar-refractivity contribution in [3.63, 3.8) is 0 Å². The molecule has 2 aromatic rings. The van der Waals surface area contributed by atoms with Crippen molar-refractivity contribution in [3.8, 4) is 0 Å². The number of carbonyl (C=O) groups excluding carboxylic acids is 2. The molecule has 0 radical (unpaired) electrons. The number of carbonyl (C=O) groups is 2. The minimum absolute atomic E-state index is 0.104. The summed E-state index contributed by atoms with van der Waals surface area (Å²) in [6.07, 6.45) is 1.28. The predicted octanol–water partition coefficient (Wildman–Crippen LogP) is 2.11.